The minimum Gasteiger partial charge on any atom is -0.333 e. The molecule has 0 saturated carbocycles. The molecule has 0 radical (unpaired) electrons. The Morgan fingerprint density at radius 2 is 1.83 bits per heavy atom. The highest BCUT2D eigenvalue weighted by molar-refractivity contribution is 9.10. The zero-order chi connectivity index (χ0) is 12.7. The Morgan fingerprint density at radius 3 is 2.44 bits per heavy atom. The third-order valence-electron chi connectivity index (χ3n) is 4.11. The first-order valence-electron chi connectivity index (χ1n) is 6.49. The monoisotopic (exact) mass is 308 g/mol. The molecule has 2 aliphatic rings. The molecule has 4 heteroatoms. The lowest BCUT2D eigenvalue weighted by molar-refractivity contribution is 0.0574. The van der Waals surface area contributed by atoms with Crippen molar-refractivity contribution in [3.05, 3.63) is 34.3 Å². The van der Waals surface area contributed by atoms with Crippen molar-refractivity contribution in [1.29, 1.82) is 0 Å². The number of nitrogens with two attached hydrogens (primary N) is 1. The number of carbonyl (C=O) groups is 1. The van der Waals surface area contributed by atoms with Crippen molar-refractivity contribution in [3.63, 3.8) is 0 Å². The Morgan fingerprint density at radius 1 is 1.22 bits per heavy atom. The summed E-state index contributed by atoms with van der Waals surface area (Å²) in [5, 5.41) is 0. The van der Waals surface area contributed by atoms with E-state index in [9.17, 15) is 4.79 Å². The molecule has 3 rings (SSSR count). The first-order valence-corrected chi connectivity index (χ1v) is 7.29. The van der Waals surface area contributed by atoms with Crippen molar-refractivity contribution in [2.45, 2.75) is 43.8 Å². The summed E-state index contributed by atoms with van der Waals surface area (Å²) < 4.78 is 0.879. The number of rotatable bonds is 1. The van der Waals surface area contributed by atoms with Gasteiger partial charge in [-0.3, -0.25) is 4.79 Å². The number of piperidine rings is 1. The summed E-state index contributed by atoms with van der Waals surface area (Å²) in [7, 11) is 0. The van der Waals surface area contributed by atoms with Crippen LogP contribution in [0.2, 0.25) is 0 Å². The standard InChI is InChI=1S/C14H17BrN2O/c15-13-4-2-1-3-12(13)14(18)17-10-5-6-11(17)8-9(16)7-10/h1-4,9-11H,5-8,16H2. The Kier molecular flexibility index (Phi) is 3.16. The Hall–Kier alpha value is -0.870. The number of carbonyl (C=O) groups excluding carboxylic acids is 1. The molecule has 0 spiro atoms. The first-order chi connectivity index (χ1) is 8.66. The fraction of sp³-hybridized carbons (Fsp3) is 0.500. The van der Waals surface area contributed by atoms with E-state index in [1.54, 1.807) is 0 Å². The number of hydrogen-bond acceptors (Lipinski definition) is 2. The van der Waals surface area contributed by atoms with Crippen molar-refractivity contribution < 1.29 is 4.79 Å². The molecule has 3 nitrogen and oxygen atoms in total. The van der Waals surface area contributed by atoms with Gasteiger partial charge in [0.15, 0.2) is 0 Å². The predicted molar refractivity (Wildman–Crippen MR) is 74.3 cm³/mol. The fourth-order valence-electron chi connectivity index (χ4n) is 3.32. The lowest BCUT2D eigenvalue weighted by atomic mass is 9.97. The van der Waals surface area contributed by atoms with Gasteiger partial charge < -0.3 is 10.6 Å². The van der Waals surface area contributed by atoms with E-state index in [1.807, 2.05) is 24.3 Å². The van der Waals surface area contributed by atoms with Gasteiger partial charge in [0, 0.05) is 22.6 Å². The fourth-order valence-corrected chi connectivity index (χ4v) is 3.78. The van der Waals surface area contributed by atoms with Crippen LogP contribution in [0, 0.1) is 0 Å². The molecule has 2 bridgehead atoms. The van der Waals surface area contributed by atoms with Gasteiger partial charge in [-0.25, -0.2) is 0 Å². The zero-order valence-corrected chi connectivity index (χ0v) is 11.8. The van der Waals surface area contributed by atoms with Gasteiger partial charge in [-0.05, 0) is 53.7 Å². The van der Waals surface area contributed by atoms with E-state index < -0.39 is 0 Å². The Labute approximate surface area is 115 Å². The summed E-state index contributed by atoms with van der Waals surface area (Å²) in [6, 6.07) is 8.62. The summed E-state index contributed by atoms with van der Waals surface area (Å²) in [5.74, 6) is 0.155. The molecular weight excluding hydrogens is 292 g/mol. The van der Waals surface area contributed by atoms with Crippen LogP contribution in [-0.4, -0.2) is 28.9 Å². The molecule has 2 fully saturated rings. The normalized spacial score (nSPS) is 30.6. The van der Waals surface area contributed by atoms with Crippen LogP contribution in [0.25, 0.3) is 0 Å². The topological polar surface area (TPSA) is 46.3 Å². The van der Waals surface area contributed by atoms with Crippen LogP contribution in [0.3, 0.4) is 0 Å². The number of fused-ring (bicyclic) bond motifs is 2. The van der Waals surface area contributed by atoms with E-state index in [0.717, 1.165) is 35.7 Å². The Bertz CT molecular complexity index is 463. The van der Waals surface area contributed by atoms with Gasteiger partial charge in [-0.15, -0.1) is 0 Å². The third kappa shape index (κ3) is 1.97. The molecular formula is C14H17BrN2O. The van der Waals surface area contributed by atoms with Gasteiger partial charge in [0.05, 0.1) is 5.56 Å². The van der Waals surface area contributed by atoms with Crippen molar-refractivity contribution in [2.24, 2.45) is 5.73 Å². The highest BCUT2D eigenvalue weighted by Crippen LogP contribution is 2.36. The quantitative estimate of drug-likeness (QED) is 0.866. The molecule has 96 valence electrons. The first kappa shape index (κ1) is 12.2. The second kappa shape index (κ2) is 4.67. The van der Waals surface area contributed by atoms with Crippen LogP contribution in [0.5, 0.6) is 0 Å². The molecule has 1 amide bonds. The molecule has 0 aliphatic carbocycles. The summed E-state index contributed by atoms with van der Waals surface area (Å²) >= 11 is 3.46. The average molecular weight is 309 g/mol. The molecule has 2 heterocycles. The van der Waals surface area contributed by atoms with Gasteiger partial charge in [-0.2, -0.15) is 0 Å². The van der Waals surface area contributed by atoms with Gasteiger partial charge in [-0.1, -0.05) is 12.1 Å². The molecule has 1 aromatic rings. The smallest absolute Gasteiger partial charge is 0.255 e. The van der Waals surface area contributed by atoms with Crippen LogP contribution >= 0.6 is 15.9 Å². The summed E-state index contributed by atoms with van der Waals surface area (Å²) in [6.07, 6.45) is 4.11. The molecule has 1 aromatic carbocycles. The average Bonchev–Trinajstić information content (AvgIpc) is 2.61. The number of amides is 1. The van der Waals surface area contributed by atoms with Crippen LogP contribution in [-0.2, 0) is 0 Å². The number of halogens is 1. The SMILES string of the molecule is NC1CC2CCC(C1)N2C(=O)c1ccccc1Br. The molecule has 2 unspecified atom stereocenters. The lowest BCUT2D eigenvalue weighted by Crippen LogP contribution is -2.50. The van der Waals surface area contributed by atoms with E-state index in [-0.39, 0.29) is 11.9 Å². The van der Waals surface area contributed by atoms with Crippen LogP contribution < -0.4 is 5.73 Å². The van der Waals surface area contributed by atoms with Crippen molar-refractivity contribution >= 4 is 21.8 Å². The minimum absolute atomic E-state index is 0.155. The van der Waals surface area contributed by atoms with Gasteiger partial charge >= 0.3 is 0 Å². The minimum atomic E-state index is 0.155. The molecule has 18 heavy (non-hydrogen) atoms. The maximum Gasteiger partial charge on any atom is 0.255 e. The number of benzene rings is 1. The van der Waals surface area contributed by atoms with Crippen LogP contribution in [0.1, 0.15) is 36.0 Å². The van der Waals surface area contributed by atoms with Gasteiger partial charge in [0.1, 0.15) is 0 Å². The third-order valence-corrected chi connectivity index (χ3v) is 4.80. The number of hydrogen-bond donors (Lipinski definition) is 1. The zero-order valence-electron chi connectivity index (χ0n) is 10.2. The highest BCUT2D eigenvalue weighted by Gasteiger charge is 2.42. The summed E-state index contributed by atoms with van der Waals surface area (Å²) in [5.41, 5.74) is 6.81. The maximum absolute atomic E-state index is 12.6. The largest absolute Gasteiger partial charge is 0.333 e. The van der Waals surface area contributed by atoms with Crippen LogP contribution in [0.4, 0.5) is 0 Å². The van der Waals surface area contributed by atoms with E-state index in [2.05, 4.69) is 20.8 Å². The van der Waals surface area contributed by atoms with E-state index in [4.69, 9.17) is 5.73 Å². The van der Waals surface area contributed by atoms with Gasteiger partial charge in [0.2, 0.25) is 0 Å². The molecule has 2 saturated heterocycles. The van der Waals surface area contributed by atoms with Gasteiger partial charge in [0.25, 0.3) is 5.91 Å². The van der Waals surface area contributed by atoms with Crippen LogP contribution in [0.15, 0.2) is 28.7 Å². The number of nitrogens with zero attached hydrogens (tertiary/aromatic N) is 1. The van der Waals surface area contributed by atoms with Crippen molar-refractivity contribution in [3.8, 4) is 0 Å². The summed E-state index contributed by atoms with van der Waals surface area (Å²) in [6.45, 7) is 0. The van der Waals surface area contributed by atoms with E-state index in [0.29, 0.717) is 12.1 Å². The summed E-state index contributed by atoms with van der Waals surface area (Å²) in [4.78, 5) is 14.7. The highest BCUT2D eigenvalue weighted by atomic mass is 79.9. The van der Waals surface area contributed by atoms with Crippen molar-refractivity contribution in [1.82, 2.24) is 4.90 Å². The second-order valence-electron chi connectivity index (χ2n) is 5.31. The lowest BCUT2D eigenvalue weighted by Gasteiger charge is -2.38. The van der Waals surface area contributed by atoms with E-state index >= 15 is 0 Å². The second-order valence-corrected chi connectivity index (χ2v) is 6.16. The molecule has 0 aromatic heterocycles. The molecule has 2 aliphatic heterocycles. The van der Waals surface area contributed by atoms with Crippen molar-refractivity contribution in [2.75, 3.05) is 0 Å². The van der Waals surface area contributed by atoms with E-state index in [1.165, 1.54) is 0 Å². The predicted octanol–water partition coefficient (Wildman–Crippen LogP) is 2.54. The Balaban J connectivity index is 1.88. The maximum atomic E-state index is 12.6. The molecule has 2 atom stereocenters. The molecule has 2 N–H and O–H groups in total.